The molecule has 0 heteroatoms. The molecule has 0 nitrogen and oxygen atoms in total. The van der Waals surface area contributed by atoms with Gasteiger partial charge in [-0.2, -0.15) is 0 Å². The van der Waals surface area contributed by atoms with E-state index in [2.05, 4.69) is 6.92 Å². The van der Waals surface area contributed by atoms with Crippen molar-refractivity contribution in [2.75, 3.05) is 0 Å². The van der Waals surface area contributed by atoms with Gasteiger partial charge in [-0.15, -0.1) is 0 Å². The minimum Gasteiger partial charge on any atom is -0.0651 e. The second-order valence-corrected chi connectivity index (χ2v) is 12.7. The molecule has 0 aliphatic heterocycles. The summed E-state index contributed by atoms with van der Waals surface area (Å²) in [5.41, 5.74) is 0. The predicted molar refractivity (Wildman–Crippen MR) is 136 cm³/mol. The average molecular weight is 429 g/mol. The van der Waals surface area contributed by atoms with Crippen LogP contribution in [0.3, 0.4) is 0 Å². The Balaban J connectivity index is 1.53. The molecule has 0 amide bonds. The third-order valence-corrected chi connectivity index (χ3v) is 10.8. The number of fused-ring (bicyclic) bond motifs is 2. The molecule has 0 N–H and O–H groups in total. The fourth-order valence-electron chi connectivity index (χ4n) is 8.98. The summed E-state index contributed by atoms with van der Waals surface area (Å²) < 4.78 is 0. The van der Waals surface area contributed by atoms with Crippen LogP contribution >= 0.6 is 0 Å². The molecule has 4 aliphatic carbocycles. The Morgan fingerprint density at radius 2 is 0.871 bits per heavy atom. The van der Waals surface area contributed by atoms with Crippen LogP contribution < -0.4 is 0 Å². The summed E-state index contributed by atoms with van der Waals surface area (Å²) in [4.78, 5) is 0. The molecule has 7 atom stereocenters. The third kappa shape index (κ3) is 6.99. The standard InChI is InChI=1S/C31H56/c1-2-25-21-22-26-15-9-5-3-7-11-18-28(24-29(26)23-25)31-19-12-8-4-6-10-16-27-17-13-14-20-30(27)31/h25-31H,2-24H2,1H3. The SMILES string of the molecule is CCC1CCC2CCCCCCCC(C3CCCCCCCC4CCCCC43)CC2C1. The molecular weight excluding hydrogens is 372 g/mol. The van der Waals surface area contributed by atoms with E-state index in [0.717, 1.165) is 41.4 Å². The summed E-state index contributed by atoms with van der Waals surface area (Å²) >= 11 is 0. The summed E-state index contributed by atoms with van der Waals surface area (Å²) in [5.74, 6) is 7.59. The van der Waals surface area contributed by atoms with E-state index in [-0.39, 0.29) is 0 Å². The van der Waals surface area contributed by atoms with Crippen LogP contribution in [0.15, 0.2) is 0 Å². The highest BCUT2D eigenvalue weighted by Crippen LogP contribution is 2.49. The molecule has 0 spiro atoms. The molecule has 180 valence electrons. The van der Waals surface area contributed by atoms with Crippen molar-refractivity contribution >= 4 is 0 Å². The third-order valence-electron chi connectivity index (χ3n) is 10.8. The number of rotatable bonds is 2. The van der Waals surface area contributed by atoms with Gasteiger partial charge in [0, 0.05) is 0 Å². The van der Waals surface area contributed by atoms with Crippen LogP contribution in [0.25, 0.3) is 0 Å². The zero-order valence-electron chi connectivity index (χ0n) is 21.3. The molecule has 4 saturated carbocycles. The lowest BCUT2D eigenvalue weighted by molar-refractivity contribution is 0.0567. The summed E-state index contributed by atoms with van der Waals surface area (Å²) in [6.07, 6.45) is 35.8. The van der Waals surface area contributed by atoms with Crippen molar-refractivity contribution in [1.29, 1.82) is 0 Å². The van der Waals surface area contributed by atoms with Crippen LogP contribution in [-0.2, 0) is 0 Å². The molecule has 0 saturated heterocycles. The maximum atomic E-state index is 2.47. The number of hydrogen-bond donors (Lipinski definition) is 0. The van der Waals surface area contributed by atoms with Crippen molar-refractivity contribution in [3.8, 4) is 0 Å². The monoisotopic (exact) mass is 428 g/mol. The second-order valence-electron chi connectivity index (χ2n) is 12.7. The van der Waals surface area contributed by atoms with Gasteiger partial charge in [0.15, 0.2) is 0 Å². The lowest BCUT2D eigenvalue weighted by Gasteiger charge is -2.45. The molecule has 4 rings (SSSR count). The van der Waals surface area contributed by atoms with Gasteiger partial charge < -0.3 is 0 Å². The lowest BCUT2D eigenvalue weighted by Crippen LogP contribution is -2.35. The zero-order valence-corrected chi connectivity index (χ0v) is 21.3. The highest BCUT2D eigenvalue weighted by atomic mass is 14.4. The molecule has 0 aromatic carbocycles. The highest BCUT2D eigenvalue weighted by Gasteiger charge is 2.38. The molecule has 7 unspecified atom stereocenters. The van der Waals surface area contributed by atoms with Crippen LogP contribution in [0, 0.1) is 41.4 Å². The van der Waals surface area contributed by atoms with Gasteiger partial charge in [-0.05, 0) is 73.5 Å². The van der Waals surface area contributed by atoms with Gasteiger partial charge in [-0.1, -0.05) is 122 Å². The molecule has 0 aromatic heterocycles. The first-order valence-corrected chi connectivity index (χ1v) is 15.3. The van der Waals surface area contributed by atoms with E-state index in [1.807, 2.05) is 0 Å². The lowest BCUT2D eigenvalue weighted by atomic mass is 9.61. The smallest absolute Gasteiger partial charge is 0.0355 e. The molecule has 0 bridgehead atoms. The van der Waals surface area contributed by atoms with E-state index in [9.17, 15) is 0 Å². The maximum absolute atomic E-state index is 2.47. The first kappa shape index (κ1) is 24.1. The fraction of sp³-hybridized carbons (Fsp3) is 1.00. The first-order chi connectivity index (χ1) is 15.3. The van der Waals surface area contributed by atoms with Gasteiger partial charge in [0.1, 0.15) is 0 Å². The molecule has 0 radical (unpaired) electrons. The average Bonchev–Trinajstić information content (AvgIpc) is 2.85. The zero-order chi connectivity index (χ0) is 21.3. The minimum atomic E-state index is 1.05. The molecule has 0 heterocycles. The first-order valence-electron chi connectivity index (χ1n) is 15.3. The van der Waals surface area contributed by atoms with Crippen molar-refractivity contribution in [2.45, 2.75) is 155 Å². The van der Waals surface area contributed by atoms with E-state index >= 15 is 0 Å². The molecular formula is C31H56. The Hall–Kier alpha value is 0. The quantitative estimate of drug-likeness (QED) is 0.410. The van der Waals surface area contributed by atoms with Gasteiger partial charge in [0.25, 0.3) is 0 Å². The van der Waals surface area contributed by atoms with E-state index in [1.54, 1.807) is 96.3 Å². The van der Waals surface area contributed by atoms with Crippen LogP contribution in [0.2, 0.25) is 0 Å². The summed E-state index contributed by atoms with van der Waals surface area (Å²) in [6, 6.07) is 0. The Morgan fingerprint density at radius 1 is 0.387 bits per heavy atom. The molecule has 31 heavy (non-hydrogen) atoms. The van der Waals surface area contributed by atoms with Crippen LogP contribution in [0.5, 0.6) is 0 Å². The molecule has 4 aliphatic rings. The largest absolute Gasteiger partial charge is 0.0651 e. The van der Waals surface area contributed by atoms with Gasteiger partial charge in [-0.25, -0.2) is 0 Å². The Bertz CT molecular complexity index is 480. The van der Waals surface area contributed by atoms with E-state index in [1.165, 1.54) is 51.4 Å². The van der Waals surface area contributed by atoms with Crippen molar-refractivity contribution < 1.29 is 0 Å². The normalized spacial score (nSPS) is 41.9. The fourth-order valence-corrected chi connectivity index (χ4v) is 8.98. The topological polar surface area (TPSA) is 0 Å². The Kier molecular flexibility index (Phi) is 10.1. The highest BCUT2D eigenvalue weighted by molar-refractivity contribution is 4.89. The van der Waals surface area contributed by atoms with E-state index < -0.39 is 0 Å². The summed E-state index contributed by atoms with van der Waals surface area (Å²) in [6.45, 7) is 2.47. The predicted octanol–water partition coefficient (Wildman–Crippen LogP) is 10.3. The van der Waals surface area contributed by atoms with Crippen LogP contribution in [0.4, 0.5) is 0 Å². The second kappa shape index (κ2) is 13.0. The molecule has 0 aromatic rings. The summed E-state index contributed by atoms with van der Waals surface area (Å²) in [7, 11) is 0. The van der Waals surface area contributed by atoms with Gasteiger partial charge in [-0.3, -0.25) is 0 Å². The number of hydrogen-bond acceptors (Lipinski definition) is 0. The van der Waals surface area contributed by atoms with Gasteiger partial charge >= 0.3 is 0 Å². The van der Waals surface area contributed by atoms with Crippen molar-refractivity contribution in [1.82, 2.24) is 0 Å². The minimum absolute atomic E-state index is 1.05. The van der Waals surface area contributed by atoms with E-state index in [0.29, 0.717) is 0 Å². The van der Waals surface area contributed by atoms with Gasteiger partial charge in [0.2, 0.25) is 0 Å². The van der Waals surface area contributed by atoms with Crippen LogP contribution in [0.1, 0.15) is 155 Å². The van der Waals surface area contributed by atoms with Crippen molar-refractivity contribution in [3.05, 3.63) is 0 Å². The Morgan fingerprint density at radius 3 is 1.55 bits per heavy atom. The van der Waals surface area contributed by atoms with Crippen LogP contribution in [-0.4, -0.2) is 0 Å². The van der Waals surface area contributed by atoms with Crippen molar-refractivity contribution in [3.63, 3.8) is 0 Å². The Labute approximate surface area is 196 Å². The van der Waals surface area contributed by atoms with E-state index in [4.69, 9.17) is 0 Å². The molecule has 4 fully saturated rings. The van der Waals surface area contributed by atoms with Crippen molar-refractivity contribution in [2.24, 2.45) is 41.4 Å². The summed E-state index contributed by atoms with van der Waals surface area (Å²) in [5, 5.41) is 0. The maximum Gasteiger partial charge on any atom is -0.0355 e. The van der Waals surface area contributed by atoms with Gasteiger partial charge in [0.05, 0.1) is 0 Å².